The molecular weight excluding hydrogens is 396 g/mol. The standard InChI is InChI=1S/C24H26F4O2/c1-2-4-14-6-9-19(29-13-14)18-12-17-11-16-8-7-15(5-3-10-25)20(26)23(16)30-24(17)22(28)21(18)27/h7-8,12,14,19H,2-6,9-11,13H2,1H3. The second-order valence-electron chi connectivity index (χ2n) is 8.23. The molecule has 1 fully saturated rings. The third-order valence-corrected chi connectivity index (χ3v) is 6.10. The van der Waals surface area contributed by atoms with E-state index in [2.05, 4.69) is 6.92 Å². The van der Waals surface area contributed by atoms with Gasteiger partial charge in [-0.05, 0) is 49.7 Å². The van der Waals surface area contributed by atoms with Gasteiger partial charge in [-0.25, -0.2) is 8.78 Å². The molecule has 30 heavy (non-hydrogen) atoms. The summed E-state index contributed by atoms with van der Waals surface area (Å²) < 4.78 is 68.4. The van der Waals surface area contributed by atoms with E-state index in [0.717, 1.165) is 19.3 Å². The predicted octanol–water partition coefficient (Wildman–Crippen LogP) is 6.97. The number of ether oxygens (including phenoxy) is 2. The van der Waals surface area contributed by atoms with Crippen LogP contribution in [0.5, 0.6) is 11.5 Å². The van der Waals surface area contributed by atoms with Crippen molar-refractivity contribution in [3.05, 3.63) is 57.9 Å². The van der Waals surface area contributed by atoms with Gasteiger partial charge >= 0.3 is 0 Å². The van der Waals surface area contributed by atoms with Gasteiger partial charge in [0.2, 0.25) is 5.82 Å². The first-order valence-electron chi connectivity index (χ1n) is 10.7. The molecule has 2 heterocycles. The Labute approximate surface area is 174 Å². The Morgan fingerprint density at radius 3 is 2.50 bits per heavy atom. The van der Waals surface area contributed by atoms with Crippen molar-refractivity contribution in [1.29, 1.82) is 0 Å². The van der Waals surface area contributed by atoms with E-state index >= 15 is 0 Å². The molecule has 2 nitrogen and oxygen atoms in total. The summed E-state index contributed by atoms with van der Waals surface area (Å²) in [5, 5.41) is 0. The van der Waals surface area contributed by atoms with Crippen molar-refractivity contribution < 1.29 is 27.0 Å². The molecular formula is C24H26F4O2. The van der Waals surface area contributed by atoms with Crippen molar-refractivity contribution >= 4 is 0 Å². The second kappa shape index (κ2) is 8.96. The number of alkyl halides is 1. The number of aryl methyl sites for hydroxylation is 1. The predicted molar refractivity (Wildman–Crippen MR) is 106 cm³/mol. The van der Waals surface area contributed by atoms with Gasteiger partial charge in [0.05, 0.1) is 19.4 Å². The summed E-state index contributed by atoms with van der Waals surface area (Å²) in [5.74, 6) is -2.65. The Morgan fingerprint density at radius 2 is 1.80 bits per heavy atom. The van der Waals surface area contributed by atoms with Crippen molar-refractivity contribution in [2.24, 2.45) is 5.92 Å². The van der Waals surface area contributed by atoms with Crippen LogP contribution in [0.25, 0.3) is 0 Å². The van der Waals surface area contributed by atoms with E-state index in [1.807, 2.05) is 0 Å². The zero-order valence-electron chi connectivity index (χ0n) is 17.1. The summed E-state index contributed by atoms with van der Waals surface area (Å²) in [7, 11) is 0. The molecule has 0 N–H and O–H groups in total. The maximum atomic E-state index is 14.9. The summed E-state index contributed by atoms with van der Waals surface area (Å²) in [6.45, 7) is 2.11. The molecule has 0 amide bonds. The Morgan fingerprint density at radius 1 is 1.00 bits per heavy atom. The van der Waals surface area contributed by atoms with E-state index in [1.54, 1.807) is 18.2 Å². The topological polar surface area (TPSA) is 18.5 Å². The Kier molecular flexibility index (Phi) is 6.32. The first kappa shape index (κ1) is 21.2. The molecule has 2 unspecified atom stereocenters. The molecule has 0 radical (unpaired) electrons. The molecule has 0 spiro atoms. The van der Waals surface area contributed by atoms with E-state index < -0.39 is 30.2 Å². The van der Waals surface area contributed by atoms with E-state index in [-0.39, 0.29) is 36.3 Å². The lowest BCUT2D eigenvalue weighted by Gasteiger charge is -2.30. The first-order valence-corrected chi connectivity index (χ1v) is 10.7. The minimum Gasteiger partial charge on any atom is -0.450 e. The molecule has 2 aliphatic rings. The number of rotatable bonds is 6. The highest BCUT2D eigenvalue weighted by atomic mass is 19.2. The fraction of sp³-hybridized carbons (Fsp3) is 0.500. The van der Waals surface area contributed by atoms with Gasteiger partial charge in [0, 0.05) is 23.1 Å². The summed E-state index contributed by atoms with van der Waals surface area (Å²) in [6.07, 6.45) is 3.87. The zero-order chi connectivity index (χ0) is 21.3. The Bertz CT molecular complexity index is 920. The monoisotopic (exact) mass is 422 g/mol. The van der Waals surface area contributed by atoms with Crippen LogP contribution in [0.3, 0.4) is 0 Å². The molecule has 0 aromatic heterocycles. The van der Waals surface area contributed by atoms with Crippen LogP contribution in [-0.2, 0) is 17.6 Å². The van der Waals surface area contributed by atoms with Crippen molar-refractivity contribution in [3.63, 3.8) is 0 Å². The van der Waals surface area contributed by atoms with E-state index in [4.69, 9.17) is 9.47 Å². The van der Waals surface area contributed by atoms with E-state index in [0.29, 0.717) is 35.6 Å². The maximum absolute atomic E-state index is 14.9. The van der Waals surface area contributed by atoms with Crippen LogP contribution in [0.2, 0.25) is 0 Å². The third kappa shape index (κ3) is 3.94. The minimum absolute atomic E-state index is 0.0961. The third-order valence-electron chi connectivity index (χ3n) is 6.10. The van der Waals surface area contributed by atoms with Crippen LogP contribution in [0.15, 0.2) is 18.2 Å². The first-order chi connectivity index (χ1) is 14.5. The second-order valence-corrected chi connectivity index (χ2v) is 8.23. The van der Waals surface area contributed by atoms with Gasteiger partial charge < -0.3 is 9.47 Å². The largest absolute Gasteiger partial charge is 0.450 e. The lowest BCUT2D eigenvalue weighted by molar-refractivity contribution is -0.0215. The van der Waals surface area contributed by atoms with E-state index in [1.165, 1.54) is 0 Å². The van der Waals surface area contributed by atoms with Gasteiger partial charge in [0.25, 0.3) is 0 Å². The Hall–Kier alpha value is -2.08. The van der Waals surface area contributed by atoms with Gasteiger partial charge in [-0.15, -0.1) is 0 Å². The molecule has 2 aliphatic heterocycles. The highest BCUT2D eigenvalue weighted by Crippen LogP contribution is 2.44. The zero-order valence-corrected chi connectivity index (χ0v) is 17.1. The lowest BCUT2D eigenvalue weighted by atomic mass is 9.89. The molecule has 0 aliphatic carbocycles. The van der Waals surface area contributed by atoms with Gasteiger partial charge in [0.15, 0.2) is 23.1 Å². The van der Waals surface area contributed by atoms with Gasteiger partial charge in [-0.2, -0.15) is 4.39 Å². The summed E-state index contributed by atoms with van der Waals surface area (Å²) in [4.78, 5) is 0. The van der Waals surface area contributed by atoms with Crippen LogP contribution < -0.4 is 4.74 Å². The molecule has 0 bridgehead atoms. The van der Waals surface area contributed by atoms with Crippen molar-refractivity contribution in [1.82, 2.24) is 0 Å². The maximum Gasteiger partial charge on any atom is 0.201 e. The molecule has 2 aromatic rings. The summed E-state index contributed by atoms with van der Waals surface area (Å²) >= 11 is 0. The average molecular weight is 422 g/mol. The SMILES string of the molecule is CCCC1CCC(c2cc3c(c(F)c2F)Oc2c(ccc(CCCF)c2F)C3)OC1. The smallest absolute Gasteiger partial charge is 0.201 e. The molecule has 1 saturated heterocycles. The van der Waals surface area contributed by atoms with Crippen molar-refractivity contribution in [2.75, 3.05) is 13.3 Å². The molecule has 162 valence electrons. The molecule has 6 heteroatoms. The van der Waals surface area contributed by atoms with Gasteiger partial charge in [-0.3, -0.25) is 4.39 Å². The normalized spacial score (nSPS) is 20.4. The fourth-order valence-corrected chi connectivity index (χ4v) is 4.49. The highest BCUT2D eigenvalue weighted by Gasteiger charge is 2.32. The van der Waals surface area contributed by atoms with Crippen LogP contribution in [0.4, 0.5) is 17.6 Å². The van der Waals surface area contributed by atoms with Gasteiger partial charge in [0.1, 0.15) is 0 Å². The quantitative estimate of drug-likeness (QED) is 0.399. The average Bonchev–Trinajstić information content (AvgIpc) is 2.76. The number of hydrogen-bond acceptors (Lipinski definition) is 2. The van der Waals surface area contributed by atoms with Crippen LogP contribution in [0.1, 0.15) is 67.4 Å². The van der Waals surface area contributed by atoms with Crippen LogP contribution >= 0.6 is 0 Å². The number of halogens is 4. The van der Waals surface area contributed by atoms with E-state index in [9.17, 15) is 17.6 Å². The molecule has 2 aromatic carbocycles. The molecule has 4 rings (SSSR count). The van der Waals surface area contributed by atoms with Crippen LogP contribution in [-0.4, -0.2) is 13.3 Å². The Balaban J connectivity index is 1.61. The van der Waals surface area contributed by atoms with Crippen molar-refractivity contribution in [2.45, 2.75) is 58.0 Å². The highest BCUT2D eigenvalue weighted by molar-refractivity contribution is 5.54. The van der Waals surface area contributed by atoms with Gasteiger partial charge in [-0.1, -0.05) is 25.5 Å². The van der Waals surface area contributed by atoms with Crippen molar-refractivity contribution in [3.8, 4) is 11.5 Å². The molecule has 2 atom stereocenters. The summed E-state index contributed by atoms with van der Waals surface area (Å²) in [5.41, 5.74) is 1.55. The fourth-order valence-electron chi connectivity index (χ4n) is 4.49. The summed E-state index contributed by atoms with van der Waals surface area (Å²) in [6, 6.07) is 4.91. The molecule has 0 saturated carbocycles. The minimum atomic E-state index is -1.11. The van der Waals surface area contributed by atoms with Crippen LogP contribution in [0, 0.1) is 23.4 Å². The lowest BCUT2D eigenvalue weighted by Crippen LogP contribution is -2.22. The number of fused-ring (bicyclic) bond motifs is 2. The number of benzene rings is 2. The number of hydrogen-bond donors (Lipinski definition) is 0.